The van der Waals surface area contributed by atoms with Crippen molar-refractivity contribution in [1.29, 1.82) is 0 Å². The van der Waals surface area contributed by atoms with Crippen molar-refractivity contribution in [3.8, 4) is 11.5 Å². The van der Waals surface area contributed by atoms with Gasteiger partial charge < -0.3 is 29.9 Å². The smallest absolute Gasteiger partial charge is 0.305 e. The fourth-order valence-electron chi connectivity index (χ4n) is 7.48. The second-order valence-electron chi connectivity index (χ2n) is 11.4. The van der Waals surface area contributed by atoms with Crippen molar-refractivity contribution in [2.24, 2.45) is 0 Å². The van der Waals surface area contributed by atoms with Crippen LogP contribution in [0, 0.1) is 0 Å². The van der Waals surface area contributed by atoms with Gasteiger partial charge in [-0.05, 0) is 64.7 Å². The van der Waals surface area contributed by atoms with E-state index >= 15 is 0 Å². The number of aliphatic carboxylic acids is 2. The summed E-state index contributed by atoms with van der Waals surface area (Å²) in [6, 6.07) is 6.08. The summed E-state index contributed by atoms with van der Waals surface area (Å²) >= 11 is 0. The van der Waals surface area contributed by atoms with E-state index in [1.165, 1.54) is 12.1 Å². The molecule has 0 fully saturated rings. The Hall–Kier alpha value is -4.54. The highest BCUT2D eigenvalue weighted by atomic mass is 16.5. The van der Waals surface area contributed by atoms with E-state index in [1.54, 1.807) is 26.0 Å². The second-order valence-corrected chi connectivity index (χ2v) is 11.4. The van der Waals surface area contributed by atoms with Crippen LogP contribution in [0.5, 0.6) is 11.5 Å². The molecule has 0 saturated heterocycles. The molecule has 0 aliphatic carbocycles. The van der Waals surface area contributed by atoms with Crippen LogP contribution in [0.15, 0.2) is 33.9 Å². The summed E-state index contributed by atoms with van der Waals surface area (Å²) < 4.78 is 11.9. The number of carboxylic acids is 2. The molecule has 0 aromatic heterocycles. The van der Waals surface area contributed by atoms with Crippen LogP contribution in [0.25, 0.3) is 43.1 Å². The number of hydrogen-bond acceptors (Lipinski definition) is 8. The Labute approximate surface area is 237 Å². The van der Waals surface area contributed by atoms with Gasteiger partial charge in [-0.2, -0.15) is 0 Å². The summed E-state index contributed by atoms with van der Waals surface area (Å²) in [5.74, 6) is -2.54. The van der Waals surface area contributed by atoms with Gasteiger partial charge in [0, 0.05) is 34.7 Å². The zero-order valence-electron chi connectivity index (χ0n) is 22.7. The molecular weight excluding hydrogens is 544 g/mol. The minimum Gasteiger partial charge on any atom is -0.507 e. The lowest BCUT2D eigenvalue weighted by atomic mass is 9.78. The predicted molar refractivity (Wildman–Crippen MR) is 153 cm³/mol. The third kappa shape index (κ3) is 3.51. The molecule has 0 bridgehead atoms. The minimum atomic E-state index is -1.04. The molecule has 2 aliphatic rings. The van der Waals surface area contributed by atoms with E-state index in [0.717, 1.165) is 0 Å². The fourth-order valence-corrected chi connectivity index (χ4v) is 7.48. The topological polar surface area (TPSA) is 168 Å². The molecule has 10 heteroatoms. The third-order valence-corrected chi connectivity index (χ3v) is 8.88. The number of carboxylic acid groups (broad SMARTS) is 2. The molecule has 2 heterocycles. The van der Waals surface area contributed by atoms with Gasteiger partial charge in [0.25, 0.3) is 0 Å². The number of aromatic hydroxyl groups is 2. The molecule has 7 rings (SSSR count). The van der Waals surface area contributed by atoms with Gasteiger partial charge >= 0.3 is 11.9 Å². The maximum Gasteiger partial charge on any atom is 0.305 e. The molecular formula is C32H26O10. The summed E-state index contributed by atoms with van der Waals surface area (Å²) in [6.45, 7) is 3.37. The van der Waals surface area contributed by atoms with E-state index in [-0.39, 0.29) is 48.0 Å². The van der Waals surface area contributed by atoms with Gasteiger partial charge in [-0.1, -0.05) is 6.07 Å². The van der Waals surface area contributed by atoms with Gasteiger partial charge in [0.1, 0.15) is 11.5 Å². The van der Waals surface area contributed by atoms with Crippen molar-refractivity contribution in [3.05, 3.63) is 67.0 Å². The normalized spacial score (nSPS) is 22.1. The first kappa shape index (κ1) is 26.4. The van der Waals surface area contributed by atoms with Crippen LogP contribution in [0.1, 0.15) is 61.2 Å². The van der Waals surface area contributed by atoms with Gasteiger partial charge in [-0.25, -0.2) is 0 Å². The van der Waals surface area contributed by atoms with Crippen LogP contribution in [0.4, 0.5) is 0 Å². The van der Waals surface area contributed by atoms with Crippen molar-refractivity contribution >= 4 is 55.0 Å². The molecule has 5 aromatic rings. The van der Waals surface area contributed by atoms with Crippen LogP contribution in [0.3, 0.4) is 0 Å². The number of ether oxygens (including phenoxy) is 2. The number of hydrogen-bond donors (Lipinski definition) is 4. The quantitative estimate of drug-likeness (QED) is 0.181. The van der Waals surface area contributed by atoms with Gasteiger partial charge in [0.2, 0.25) is 0 Å². The molecule has 10 nitrogen and oxygen atoms in total. The number of rotatable bonds is 4. The monoisotopic (exact) mass is 570 g/mol. The van der Waals surface area contributed by atoms with Crippen molar-refractivity contribution in [2.75, 3.05) is 0 Å². The Kier molecular flexibility index (Phi) is 5.64. The number of carbonyl (C=O) groups is 2. The van der Waals surface area contributed by atoms with Crippen molar-refractivity contribution in [3.63, 3.8) is 0 Å². The summed E-state index contributed by atoms with van der Waals surface area (Å²) in [4.78, 5) is 50.6. The van der Waals surface area contributed by atoms with Crippen molar-refractivity contribution in [2.45, 2.75) is 63.9 Å². The lowest BCUT2D eigenvalue weighted by molar-refractivity contribution is -0.142. The fraction of sp³-hybridized carbons (Fsp3) is 0.312. The van der Waals surface area contributed by atoms with E-state index in [9.17, 15) is 39.6 Å². The summed E-state index contributed by atoms with van der Waals surface area (Å²) in [5.41, 5.74) is 1.09. The zero-order valence-corrected chi connectivity index (χ0v) is 22.7. The highest BCUT2D eigenvalue weighted by Crippen LogP contribution is 2.51. The first-order chi connectivity index (χ1) is 20.0. The first-order valence-corrected chi connectivity index (χ1v) is 13.8. The number of phenols is 2. The Bertz CT molecular complexity index is 2090. The molecule has 0 amide bonds. The Morgan fingerprint density at radius 1 is 0.714 bits per heavy atom. The maximum absolute atomic E-state index is 14.0. The predicted octanol–water partition coefficient (Wildman–Crippen LogP) is 4.26. The average molecular weight is 571 g/mol. The lowest BCUT2D eigenvalue weighted by Gasteiger charge is -2.34. The van der Waals surface area contributed by atoms with Crippen molar-refractivity contribution in [1.82, 2.24) is 0 Å². The highest BCUT2D eigenvalue weighted by molar-refractivity contribution is 6.35. The van der Waals surface area contributed by atoms with Crippen LogP contribution in [-0.4, -0.2) is 44.6 Å². The molecule has 0 radical (unpaired) electrons. The molecule has 42 heavy (non-hydrogen) atoms. The van der Waals surface area contributed by atoms with Gasteiger partial charge in [-0.15, -0.1) is 0 Å². The number of phenolic OH excluding ortho intramolecular Hbond substituents is 2. The highest BCUT2D eigenvalue weighted by Gasteiger charge is 2.37. The van der Waals surface area contributed by atoms with Crippen LogP contribution in [-0.2, 0) is 31.9 Å². The Morgan fingerprint density at radius 2 is 1.21 bits per heavy atom. The summed E-state index contributed by atoms with van der Waals surface area (Å²) in [5, 5.41) is 45.0. The van der Waals surface area contributed by atoms with E-state index in [1.807, 2.05) is 0 Å². The van der Waals surface area contributed by atoms with E-state index in [2.05, 4.69) is 0 Å². The van der Waals surface area contributed by atoms with E-state index < -0.39 is 47.2 Å². The molecule has 0 saturated carbocycles. The van der Waals surface area contributed by atoms with E-state index in [4.69, 9.17) is 9.47 Å². The Morgan fingerprint density at radius 3 is 1.79 bits per heavy atom. The van der Waals surface area contributed by atoms with Gasteiger partial charge in [0.05, 0.1) is 48.0 Å². The largest absolute Gasteiger partial charge is 0.507 e. The molecule has 214 valence electrons. The molecule has 5 aromatic carbocycles. The molecule has 4 N–H and O–H groups in total. The second kappa shape index (κ2) is 8.98. The first-order valence-electron chi connectivity index (χ1n) is 13.8. The lowest BCUT2D eigenvalue weighted by Crippen LogP contribution is -2.32. The number of benzene rings is 5. The summed E-state index contributed by atoms with van der Waals surface area (Å²) in [6.07, 6.45) is -3.14. The van der Waals surface area contributed by atoms with Crippen LogP contribution >= 0.6 is 0 Å². The number of fused-ring (bicyclic) bond motifs is 6. The standard InChI is InChI=1S/C32H26O10/c1-11-23-17(7-13(41-11)9-21(35)36)25-15-3-6-20(34)30-28(15)26(16-4-5-19(33)29(27(16)25)31(23)39)18-8-14(10-22(37)38)42-12(2)24(18)32(30)40/h3-6,11-14,33,40H,7-10H2,1-2H3,(H,35,36)(H,37,38)/t11-,12-,13+,14+/m1/s1. The molecule has 2 aliphatic heterocycles. The summed E-state index contributed by atoms with van der Waals surface area (Å²) in [7, 11) is 0. The zero-order chi connectivity index (χ0) is 29.8. The Balaban J connectivity index is 1.72. The average Bonchev–Trinajstić information content (AvgIpc) is 2.89. The third-order valence-electron chi connectivity index (χ3n) is 8.88. The van der Waals surface area contributed by atoms with Crippen molar-refractivity contribution < 1.29 is 39.5 Å². The van der Waals surface area contributed by atoms with Gasteiger partial charge in [-0.3, -0.25) is 19.2 Å². The molecule has 0 spiro atoms. The molecule has 0 unspecified atom stereocenters. The van der Waals surface area contributed by atoms with Crippen LogP contribution < -0.4 is 10.9 Å². The van der Waals surface area contributed by atoms with Gasteiger partial charge in [0.15, 0.2) is 10.9 Å². The minimum absolute atomic E-state index is 0.0856. The SMILES string of the molecule is C[C@H]1O[C@H](CC(=O)O)Cc2c1c(O)c1c(=O)ccc3c4c5c(c(=O)c6c(O)ccc(c2c13)c64)[C@@H](C)O[C@H](CC(=O)O)C5. The van der Waals surface area contributed by atoms with E-state index in [0.29, 0.717) is 54.6 Å². The maximum atomic E-state index is 14.0. The van der Waals surface area contributed by atoms with Crippen LogP contribution in [0.2, 0.25) is 0 Å². The molecule has 4 atom stereocenters.